The Morgan fingerprint density at radius 2 is 1.88 bits per heavy atom. The van der Waals surface area contributed by atoms with E-state index in [0.717, 1.165) is 13.2 Å². The van der Waals surface area contributed by atoms with Gasteiger partial charge in [0, 0.05) is 18.9 Å². The van der Waals surface area contributed by atoms with E-state index in [4.69, 9.17) is 13.0 Å². The Kier molecular flexibility index (Phi) is 5.42. The van der Waals surface area contributed by atoms with Gasteiger partial charge in [-0.15, -0.1) is 0 Å². The van der Waals surface area contributed by atoms with E-state index < -0.39 is 15.6 Å². The predicted molar refractivity (Wildman–Crippen MR) is 54.8 cm³/mol. The van der Waals surface area contributed by atoms with Crippen LogP contribution >= 0.6 is 12.8 Å². The molecule has 0 aliphatic carbocycles. The Morgan fingerprint density at radius 3 is 2.00 bits per heavy atom. The second-order valence-electron chi connectivity index (χ2n) is 2.70. The van der Waals surface area contributed by atoms with Crippen molar-refractivity contribution in [2.24, 2.45) is 0 Å². The molecule has 0 amide bonds. The lowest BCUT2D eigenvalue weighted by Crippen LogP contribution is -2.21. The minimum Gasteiger partial charge on any atom is -0.358 e. The van der Waals surface area contributed by atoms with Crippen LogP contribution in [0, 0.1) is 0 Å². The van der Waals surface area contributed by atoms with Gasteiger partial charge < -0.3 is 9.21 Å². The first kappa shape index (κ1) is 15.4. The fraction of sp³-hybridized carbons (Fsp3) is 0.667. The summed E-state index contributed by atoms with van der Waals surface area (Å²) >= 11 is 4.11. The quantitative estimate of drug-likeness (QED) is 0.430. The van der Waals surface area contributed by atoms with Crippen LogP contribution in [0.3, 0.4) is 0 Å². The number of nitrogens with zero attached hydrogens (tertiary/aromatic N) is 2. The molecule has 16 heavy (non-hydrogen) atoms. The molecule has 0 aromatic rings. The standard InChI is InChI=1S/C5H10N2S.CHF3O3S/c1-2-6-3-4-7(8)5-6;2-1(3,4)8(5,6)7/h3-4,8H,2,5H2,1H3;(H,5,6,7). The predicted octanol–water partition coefficient (Wildman–Crippen LogP) is 1.29. The van der Waals surface area contributed by atoms with Gasteiger partial charge in [-0.25, -0.2) is 0 Å². The highest BCUT2D eigenvalue weighted by molar-refractivity contribution is 7.86. The Labute approximate surface area is 96.8 Å². The summed E-state index contributed by atoms with van der Waals surface area (Å²) < 4.78 is 59.4. The molecule has 0 aromatic heterocycles. The molecule has 1 aliphatic rings. The van der Waals surface area contributed by atoms with Gasteiger partial charge >= 0.3 is 15.6 Å². The Hall–Kier alpha value is -0.610. The van der Waals surface area contributed by atoms with Gasteiger partial charge in [0.25, 0.3) is 0 Å². The van der Waals surface area contributed by atoms with Crippen LogP contribution in [0.2, 0.25) is 0 Å². The van der Waals surface area contributed by atoms with Crippen LogP contribution in [-0.4, -0.2) is 40.9 Å². The van der Waals surface area contributed by atoms with E-state index in [2.05, 4.69) is 24.6 Å². The third-order valence-electron chi connectivity index (χ3n) is 1.47. The molecule has 0 radical (unpaired) electrons. The summed E-state index contributed by atoms with van der Waals surface area (Å²) in [6, 6.07) is 0. The first-order valence-corrected chi connectivity index (χ1v) is 5.83. The Morgan fingerprint density at radius 1 is 1.44 bits per heavy atom. The molecule has 0 unspecified atom stereocenters. The van der Waals surface area contributed by atoms with Gasteiger partial charge in [0.05, 0.1) is 6.67 Å². The third kappa shape index (κ3) is 5.47. The van der Waals surface area contributed by atoms with E-state index in [1.54, 1.807) is 0 Å². The van der Waals surface area contributed by atoms with Crippen molar-refractivity contribution in [2.45, 2.75) is 12.4 Å². The largest absolute Gasteiger partial charge is 0.522 e. The van der Waals surface area contributed by atoms with Gasteiger partial charge in [-0.1, -0.05) is 12.8 Å². The van der Waals surface area contributed by atoms with Crippen LogP contribution in [-0.2, 0) is 10.1 Å². The highest BCUT2D eigenvalue weighted by atomic mass is 32.2. The zero-order chi connectivity index (χ0) is 13.0. The maximum atomic E-state index is 10.7. The maximum absolute atomic E-state index is 10.7. The van der Waals surface area contributed by atoms with Gasteiger partial charge in [-0.2, -0.15) is 21.6 Å². The van der Waals surface area contributed by atoms with Crippen LogP contribution in [0.5, 0.6) is 0 Å². The molecule has 1 heterocycles. The van der Waals surface area contributed by atoms with Gasteiger partial charge in [-0.3, -0.25) is 4.55 Å². The molecule has 0 bridgehead atoms. The second-order valence-corrected chi connectivity index (χ2v) is 4.63. The Bertz CT molecular complexity index is 341. The third-order valence-corrected chi connectivity index (χ3v) is 2.32. The molecule has 1 N–H and O–H groups in total. The zero-order valence-corrected chi connectivity index (χ0v) is 9.93. The second kappa shape index (κ2) is 5.64. The molecule has 5 nitrogen and oxygen atoms in total. The van der Waals surface area contributed by atoms with Gasteiger partial charge in [-0.05, 0) is 6.92 Å². The van der Waals surface area contributed by atoms with E-state index in [1.807, 2.05) is 16.7 Å². The molecule has 1 rings (SSSR count). The average molecular weight is 280 g/mol. The molecule has 0 atom stereocenters. The van der Waals surface area contributed by atoms with Gasteiger partial charge in [0.15, 0.2) is 0 Å². The van der Waals surface area contributed by atoms with Crippen molar-refractivity contribution in [3.8, 4) is 0 Å². The summed E-state index contributed by atoms with van der Waals surface area (Å²) in [6.07, 6.45) is 3.99. The molecular weight excluding hydrogens is 269 g/mol. The fourth-order valence-corrected chi connectivity index (χ4v) is 0.879. The first-order chi connectivity index (χ1) is 7.08. The lowest BCUT2D eigenvalue weighted by molar-refractivity contribution is -0.0510. The number of alkyl halides is 3. The molecule has 0 saturated carbocycles. The van der Waals surface area contributed by atoms with Crippen LogP contribution in [0.4, 0.5) is 13.2 Å². The van der Waals surface area contributed by atoms with Crippen molar-refractivity contribution in [1.29, 1.82) is 0 Å². The number of halogens is 3. The van der Waals surface area contributed by atoms with Gasteiger partial charge in [0.2, 0.25) is 0 Å². The minimum atomic E-state index is -5.84. The van der Waals surface area contributed by atoms with Crippen LogP contribution < -0.4 is 0 Å². The highest BCUT2D eigenvalue weighted by Gasteiger charge is 2.44. The molecule has 10 heteroatoms. The summed E-state index contributed by atoms with van der Waals surface area (Å²) in [7, 11) is -5.84. The van der Waals surface area contributed by atoms with Crippen molar-refractivity contribution < 1.29 is 26.1 Å². The van der Waals surface area contributed by atoms with E-state index in [9.17, 15) is 13.2 Å². The SMILES string of the molecule is CCN1C=CN(S)C1.O=S(=O)(O)C(F)(F)F. The summed E-state index contributed by atoms with van der Waals surface area (Å²) in [6.45, 7) is 4.10. The van der Waals surface area contributed by atoms with E-state index in [-0.39, 0.29) is 0 Å². The number of thiol groups is 1. The molecular formula is C6H11F3N2O3S2. The Balaban J connectivity index is 0.000000281. The lowest BCUT2D eigenvalue weighted by Gasteiger charge is -2.13. The van der Waals surface area contributed by atoms with Crippen molar-refractivity contribution in [2.75, 3.05) is 13.2 Å². The highest BCUT2D eigenvalue weighted by Crippen LogP contribution is 2.20. The lowest BCUT2D eigenvalue weighted by atomic mass is 10.6. The average Bonchev–Trinajstić information content (AvgIpc) is 2.48. The summed E-state index contributed by atoms with van der Waals surface area (Å²) in [5.41, 5.74) is -5.53. The van der Waals surface area contributed by atoms with E-state index in [0.29, 0.717) is 0 Å². The van der Waals surface area contributed by atoms with Crippen LogP contribution in [0.1, 0.15) is 6.92 Å². The number of rotatable bonds is 1. The van der Waals surface area contributed by atoms with E-state index >= 15 is 0 Å². The molecule has 0 saturated heterocycles. The van der Waals surface area contributed by atoms with Crippen molar-refractivity contribution in [3.63, 3.8) is 0 Å². The maximum Gasteiger partial charge on any atom is 0.522 e. The van der Waals surface area contributed by atoms with Crippen molar-refractivity contribution >= 4 is 22.9 Å². The molecule has 96 valence electrons. The molecule has 0 spiro atoms. The van der Waals surface area contributed by atoms with Crippen LogP contribution in [0.25, 0.3) is 0 Å². The van der Waals surface area contributed by atoms with Crippen LogP contribution in [0.15, 0.2) is 12.4 Å². The number of hydrogen-bond donors (Lipinski definition) is 2. The smallest absolute Gasteiger partial charge is 0.358 e. The summed E-state index contributed by atoms with van der Waals surface area (Å²) in [5.74, 6) is 0. The van der Waals surface area contributed by atoms with E-state index in [1.165, 1.54) is 0 Å². The molecule has 0 fully saturated rings. The monoisotopic (exact) mass is 280 g/mol. The van der Waals surface area contributed by atoms with Crippen molar-refractivity contribution in [1.82, 2.24) is 9.21 Å². The first-order valence-electron chi connectivity index (χ1n) is 3.99. The summed E-state index contributed by atoms with van der Waals surface area (Å²) in [5, 5.41) is 0. The summed E-state index contributed by atoms with van der Waals surface area (Å²) in [4.78, 5) is 2.17. The zero-order valence-electron chi connectivity index (χ0n) is 8.22. The van der Waals surface area contributed by atoms with Crippen molar-refractivity contribution in [3.05, 3.63) is 12.4 Å². The molecule has 1 aliphatic heterocycles. The van der Waals surface area contributed by atoms with Gasteiger partial charge in [0.1, 0.15) is 0 Å². The molecule has 0 aromatic carbocycles. The minimum absolute atomic E-state index is 0.916. The fourth-order valence-electron chi connectivity index (χ4n) is 0.657. The number of hydrogen-bond acceptors (Lipinski definition) is 5. The topological polar surface area (TPSA) is 60.9 Å². The normalized spacial score (nSPS) is 16.1.